The zero-order valence-corrected chi connectivity index (χ0v) is 6.01. The van der Waals surface area contributed by atoms with Crippen LogP contribution in [0.2, 0.25) is 0 Å². The quantitative estimate of drug-likeness (QED) is 0.661. The van der Waals surface area contributed by atoms with Gasteiger partial charge in [-0.2, -0.15) is 0 Å². The van der Waals surface area contributed by atoms with Gasteiger partial charge in [0.2, 0.25) is 0 Å². The highest BCUT2D eigenvalue weighted by molar-refractivity contribution is 5.87. The van der Waals surface area contributed by atoms with Crippen LogP contribution in [0.4, 0.5) is 0 Å². The Labute approximate surface area is 67.3 Å². The summed E-state index contributed by atoms with van der Waals surface area (Å²) in [4.78, 5) is 10.5. The Kier molecular flexibility index (Phi) is 1.30. The predicted octanol–water partition coefficient (Wildman–Crippen LogP) is 0.427. The summed E-state index contributed by atoms with van der Waals surface area (Å²) in [6, 6.07) is 3.10. The number of carboxylic acid groups (broad SMARTS) is 1. The number of nitrogens with zero attached hydrogens (tertiary/aromatic N) is 3. The maximum absolute atomic E-state index is 10.5. The molecule has 0 aliphatic carbocycles. The van der Waals surface area contributed by atoms with Gasteiger partial charge < -0.3 is 5.11 Å². The Morgan fingerprint density at radius 3 is 3.08 bits per heavy atom. The first-order valence-electron chi connectivity index (χ1n) is 3.30. The lowest BCUT2D eigenvalue weighted by Crippen LogP contribution is -1.97. The zero-order chi connectivity index (χ0) is 8.55. The van der Waals surface area contributed by atoms with Crippen LogP contribution in [-0.4, -0.2) is 25.7 Å². The molecule has 60 valence electrons. The van der Waals surface area contributed by atoms with Crippen LogP contribution < -0.4 is 0 Å². The monoisotopic (exact) mass is 163 g/mol. The number of aromatic nitrogens is 3. The van der Waals surface area contributed by atoms with Crippen LogP contribution in [0.1, 0.15) is 10.4 Å². The van der Waals surface area contributed by atoms with Gasteiger partial charge in [0.25, 0.3) is 0 Å². The molecule has 2 heterocycles. The highest BCUT2D eigenvalue weighted by Gasteiger charge is 2.03. The summed E-state index contributed by atoms with van der Waals surface area (Å²) in [5.74, 6) is -0.953. The van der Waals surface area contributed by atoms with Gasteiger partial charge in [-0.15, -0.1) is 10.2 Å². The highest BCUT2D eigenvalue weighted by Crippen LogP contribution is 2.02. The van der Waals surface area contributed by atoms with Crippen molar-refractivity contribution in [2.45, 2.75) is 0 Å². The van der Waals surface area contributed by atoms with Gasteiger partial charge >= 0.3 is 5.97 Å². The van der Waals surface area contributed by atoms with Crippen LogP contribution >= 0.6 is 0 Å². The average molecular weight is 163 g/mol. The Hall–Kier alpha value is -1.91. The van der Waals surface area contributed by atoms with Gasteiger partial charge in [-0.1, -0.05) is 0 Å². The van der Waals surface area contributed by atoms with Crippen molar-refractivity contribution < 1.29 is 9.90 Å². The average Bonchev–Trinajstić information content (AvgIpc) is 2.49. The third-order valence-electron chi connectivity index (χ3n) is 1.54. The lowest BCUT2D eigenvalue weighted by Gasteiger charge is -1.93. The molecule has 0 amide bonds. The number of carboxylic acids is 1. The topological polar surface area (TPSA) is 67.5 Å². The predicted molar refractivity (Wildman–Crippen MR) is 39.9 cm³/mol. The van der Waals surface area contributed by atoms with Crippen LogP contribution in [0.25, 0.3) is 5.65 Å². The first-order chi connectivity index (χ1) is 5.77. The van der Waals surface area contributed by atoms with Gasteiger partial charge in [-0.25, -0.2) is 4.79 Å². The number of pyridine rings is 1. The number of fused-ring (bicyclic) bond motifs is 1. The van der Waals surface area contributed by atoms with Crippen molar-refractivity contribution in [3.63, 3.8) is 0 Å². The molecule has 2 rings (SSSR count). The summed E-state index contributed by atoms with van der Waals surface area (Å²) < 4.78 is 1.56. The molecule has 5 heteroatoms. The molecule has 0 radical (unpaired) electrons. The second-order valence-electron chi connectivity index (χ2n) is 2.32. The molecule has 2 aromatic heterocycles. The Balaban J connectivity index is 2.68. The molecule has 2 aromatic rings. The minimum Gasteiger partial charge on any atom is -0.478 e. The maximum atomic E-state index is 10.5. The van der Waals surface area contributed by atoms with Crippen LogP contribution in [0.15, 0.2) is 24.7 Å². The van der Waals surface area contributed by atoms with Gasteiger partial charge in [-0.3, -0.25) is 4.40 Å². The van der Waals surface area contributed by atoms with Crippen molar-refractivity contribution in [1.29, 1.82) is 0 Å². The summed E-state index contributed by atoms with van der Waals surface area (Å²) in [7, 11) is 0. The van der Waals surface area contributed by atoms with Crippen molar-refractivity contribution in [1.82, 2.24) is 14.6 Å². The summed E-state index contributed by atoms with van der Waals surface area (Å²) in [6.07, 6.45) is 2.93. The SMILES string of the molecule is O=C(O)c1ccc2nncn2c1. The zero-order valence-electron chi connectivity index (χ0n) is 6.01. The van der Waals surface area contributed by atoms with E-state index in [-0.39, 0.29) is 5.56 Å². The molecule has 0 saturated heterocycles. The summed E-state index contributed by atoms with van der Waals surface area (Å²) in [5.41, 5.74) is 0.863. The summed E-state index contributed by atoms with van der Waals surface area (Å²) in [5, 5.41) is 16.0. The fourth-order valence-corrected chi connectivity index (χ4v) is 0.954. The van der Waals surface area contributed by atoms with Crippen molar-refractivity contribution in [3.8, 4) is 0 Å². The maximum Gasteiger partial charge on any atom is 0.337 e. The van der Waals surface area contributed by atoms with Crippen LogP contribution in [0.5, 0.6) is 0 Å². The minimum absolute atomic E-state index is 0.224. The second-order valence-corrected chi connectivity index (χ2v) is 2.32. The number of hydrogen-bond donors (Lipinski definition) is 1. The molecule has 0 spiro atoms. The molecule has 12 heavy (non-hydrogen) atoms. The minimum atomic E-state index is -0.953. The van der Waals surface area contributed by atoms with Crippen LogP contribution in [-0.2, 0) is 0 Å². The molecule has 0 aliphatic heterocycles. The lowest BCUT2D eigenvalue weighted by atomic mass is 10.3. The van der Waals surface area contributed by atoms with E-state index in [0.717, 1.165) is 0 Å². The third-order valence-corrected chi connectivity index (χ3v) is 1.54. The first kappa shape index (κ1) is 6.78. The molecular weight excluding hydrogens is 158 g/mol. The van der Waals surface area contributed by atoms with Gasteiger partial charge in [-0.05, 0) is 12.1 Å². The molecule has 5 nitrogen and oxygen atoms in total. The molecule has 0 aliphatic rings. The van der Waals surface area contributed by atoms with Crippen molar-refractivity contribution in [2.75, 3.05) is 0 Å². The molecule has 0 aromatic carbocycles. The summed E-state index contributed by atoms with van der Waals surface area (Å²) >= 11 is 0. The third kappa shape index (κ3) is 0.914. The smallest absolute Gasteiger partial charge is 0.337 e. The van der Waals surface area contributed by atoms with E-state index in [4.69, 9.17) is 5.11 Å². The largest absolute Gasteiger partial charge is 0.478 e. The van der Waals surface area contributed by atoms with E-state index in [0.29, 0.717) is 5.65 Å². The van der Waals surface area contributed by atoms with E-state index in [2.05, 4.69) is 10.2 Å². The van der Waals surface area contributed by atoms with E-state index in [9.17, 15) is 4.79 Å². The fraction of sp³-hybridized carbons (Fsp3) is 0. The Bertz CT molecular complexity index is 435. The normalized spacial score (nSPS) is 10.3. The van der Waals surface area contributed by atoms with Crippen LogP contribution in [0.3, 0.4) is 0 Å². The molecule has 0 bridgehead atoms. The molecular formula is C7H5N3O2. The van der Waals surface area contributed by atoms with Gasteiger partial charge in [0, 0.05) is 6.20 Å². The number of aromatic carboxylic acids is 1. The highest BCUT2D eigenvalue weighted by atomic mass is 16.4. The molecule has 0 atom stereocenters. The van der Waals surface area contributed by atoms with Crippen molar-refractivity contribution in [3.05, 3.63) is 30.2 Å². The van der Waals surface area contributed by atoms with Gasteiger partial charge in [0.1, 0.15) is 6.33 Å². The first-order valence-corrected chi connectivity index (χ1v) is 3.30. The van der Waals surface area contributed by atoms with Gasteiger partial charge in [0.05, 0.1) is 5.56 Å². The standard InChI is InChI=1S/C7H5N3O2/c11-7(12)5-1-2-6-9-8-4-10(6)3-5/h1-4H,(H,11,12). The van der Waals surface area contributed by atoms with E-state index >= 15 is 0 Å². The lowest BCUT2D eigenvalue weighted by molar-refractivity contribution is 0.0696. The van der Waals surface area contributed by atoms with Gasteiger partial charge in [0.15, 0.2) is 5.65 Å². The molecule has 1 N–H and O–H groups in total. The Morgan fingerprint density at radius 2 is 2.33 bits per heavy atom. The Morgan fingerprint density at radius 1 is 1.50 bits per heavy atom. The number of rotatable bonds is 1. The van der Waals surface area contributed by atoms with E-state index < -0.39 is 5.97 Å². The molecule has 0 saturated carbocycles. The van der Waals surface area contributed by atoms with Crippen LogP contribution in [0, 0.1) is 0 Å². The van der Waals surface area contributed by atoms with E-state index in [1.165, 1.54) is 18.6 Å². The van der Waals surface area contributed by atoms with E-state index in [1.54, 1.807) is 10.5 Å². The van der Waals surface area contributed by atoms with Crippen molar-refractivity contribution >= 4 is 11.6 Å². The number of carbonyl (C=O) groups is 1. The fourth-order valence-electron chi connectivity index (χ4n) is 0.954. The van der Waals surface area contributed by atoms with Crippen molar-refractivity contribution in [2.24, 2.45) is 0 Å². The summed E-state index contributed by atoms with van der Waals surface area (Å²) in [6.45, 7) is 0. The number of hydrogen-bond acceptors (Lipinski definition) is 3. The molecule has 0 fully saturated rings. The molecule has 0 unspecified atom stereocenters. The second kappa shape index (κ2) is 2.30. The van der Waals surface area contributed by atoms with E-state index in [1.807, 2.05) is 0 Å².